The molecule has 3 aromatic rings. The molecule has 2 aromatic carbocycles. The smallest absolute Gasteiger partial charge is 0.497 e. The van der Waals surface area contributed by atoms with Crippen LogP contribution in [-0.2, 0) is 6.54 Å². The Kier molecular flexibility index (Phi) is 7.43. The number of aromatic nitrogens is 1. The van der Waals surface area contributed by atoms with Crippen molar-refractivity contribution in [2.75, 3.05) is 24.3 Å². The first-order valence-electron chi connectivity index (χ1n) is 9.81. The van der Waals surface area contributed by atoms with E-state index in [0.29, 0.717) is 11.8 Å². The van der Waals surface area contributed by atoms with E-state index in [-0.39, 0.29) is 29.0 Å². The number of ether oxygens (including phenoxy) is 2. The molecule has 8 nitrogen and oxygen atoms in total. The zero-order valence-corrected chi connectivity index (χ0v) is 18.0. The summed E-state index contributed by atoms with van der Waals surface area (Å²) in [6.45, 7) is -1.36. The topological polar surface area (TPSA) is 111 Å². The van der Waals surface area contributed by atoms with Crippen LogP contribution in [0.3, 0.4) is 0 Å². The van der Waals surface area contributed by atoms with Crippen LogP contribution in [0.1, 0.15) is 16.1 Å². The summed E-state index contributed by atoms with van der Waals surface area (Å²) < 4.78 is 86.3. The molecule has 1 amide bonds. The van der Waals surface area contributed by atoms with Gasteiger partial charge in [0.1, 0.15) is 23.5 Å². The van der Waals surface area contributed by atoms with Gasteiger partial charge in [0.15, 0.2) is 5.75 Å². The number of alkyl halides is 6. The molecule has 1 heterocycles. The predicted molar refractivity (Wildman–Crippen MR) is 115 cm³/mol. The van der Waals surface area contributed by atoms with Gasteiger partial charge in [-0.05, 0) is 29.8 Å². The van der Waals surface area contributed by atoms with Gasteiger partial charge < -0.3 is 20.1 Å². The number of hydrazine groups is 1. The summed E-state index contributed by atoms with van der Waals surface area (Å²) in [4.78, 5) is 16.0. The second-order valence-corrected chi connectivity index (χ2v) is 7.12. The summed E-state index contributed by atoms with van der Waals surface area (Å²) in [6.07, 6.45) is -9.81. The van der Waals surface area contributed by atoms with Crippen LogP contribution in [0.25, 0.3) is 10.9 Å². The van der Waals surface area contributed by atoms with Crippen molar-refractivity contribution in [1.82, 2.24) is 10.4 Å². The number of carbonyl (C=O) groups excluding carboxylic acids is 1. The Morgan fingerprint density at radius 3 is 2.29 bits per heavy atom. The fourth-order valence-electron chi connectivity index (χ4n) is 3.08. The minimum atomic E-state index is -5.18. The van der Waals surface area contributed by atoms with Crippen molar-refractivity contribution in [3.05, 3.63) is 53.7 Å². The Morgan fingerprint density at radius 1 is 1.03 bits per heavy atom. The van der Waals surface area contributed by atoms with E-state index in [9.17, 15) is 31.1 Å². The molecule has 0 fully saturated rings. The van der Waals surface area contributed by atoms with Gasteiger partial charge in [-0.25, -0.2) is 10.8 Å². The lowest BCUT2D eigenvalue weighted by Gasteiger charge is -2.18. The maximum atomic E-state index is 13.1. The number of nitrogens with zero attached hydrogens (tertiary/aromatic N) is 1. The molecule has 0 unspecified atom stereocenters. The normalized spacial score (nSPS) is 11.8. The van der Waals surface area contributed by atoms with E-state index in [4.69, 9.17) is 10.6 Å². The van der Waals surface area contributed by atoms with Gasteiger partial charge >= 0.3 is 12.5 Å². The first-order valence-corrected chi connectivity index (χ1v) is 9.81. The quantitative estimate of drug-likeness (QED) is 0.157. The summed E-state index contributed by atoms with van der Waals surface area (Å²) in [5, 5.41) is 4.96. The van der Waals surface area contributed by atoms with Crippen LogP contribution in [0.4, 0.5) is 37.7 Å². The van der Waals surface area contributed by atoms with Gasteiger partial charge in [-0.3, -0.25) is 10.2 Å². The third kappa shape index (κ3) is 7.02. The molecule has 0 aliphatic heterocycles. The van der Waals surface area contributed by atoms with E-state index in [1.807, 2.05) is 10.7 Å². The number of halogens is 6. The Labute approximate surface area is 194 Å². The molecule has 0 spiro atoms. The number of nitrogen functional groups attached to an aromatic ring is 1. The van der Waals surface area contributed by atoms with Crippen LogP contribution in [-0.4, -0.2) is 37.1 Å². The highest BCUT2D eigenvalue weighted by Gasteiger charge is 2.33. The number of benzene rings is 2. The molecule has 0 aliphatic rings. The molecule has 0 aliphatic carbocycles. The molecule has 35 heavy (non-hydrogen) atoms. The number of fused-ring (bicyclic) bond motifs is 1. The predicted octanol–water partition coefficient (Wildman–Crippen LogP) is 4.33. The second-order valence-electron chi connectivity index (χ2n) is 7.12. The lowest BCUT2D eigenvalue weighted by atomic mass is 10.1. The maximum absolute atomic E-state index is 13.1. The minimum absolute atomic E-state index is 0.0292. The molecule has 0 radical (unpaired) electrons. The summed E-state index contributed by atoms with van der Waals surface area (Å²) >= 11 is 0. The molecule has 188 valence electrons. The largest absolute Gasteiger partial charge is 0.573 e. The highest BCUT2D eigenvalue weighted by molar-refractivity contribution is 6.02. The lowest BCUT2D eigenvalue weighted by Crippen LogP contribution is -2.30. The van der Waals surface area contributed by atoms with Crippen LogP contribution in [0.15, 0.2) is 42.5 Å². The van der Waals surface area contributed by atoms with Gasteiger partial charge in [0, 0.05) is 29.4 Å². The molecular formula is C21H19F6N5O3. The number of methoxy groups -OCH3 is 1. The van der Waals surface area contributed by atoms with Crippen LogP contribution >= 0.6 is 0 Å². The lowest BCUT2D eigenvalue weighted by molar-refractivity contribution is -0.274. The number of hydrogen-bond donors (Lipinski definition) is 4. The van der Waals surface area contributed by atoms with E-state index in [1.165, 1.54) is 13.2 Å². The third-order valence-corrected chi connectivity index (χ3v) is 4.60. The Morgan fingerprint density at radius 2 is 1.71 bits per heavy atom. The number of amides is 1. The van der Waals surface area contributed by atoms with Crippen molar-refractivity contribution >= 4 is 28.2 Å². The van der Waals surface area contributed by atoms with Crippen LogP contribution in [0.2, 0.25) is 0 Å². The number of carbonyl (C=O) groups is 1. The Hall–Kier alpha value is -3.94. The zero-order chi connectivity index (χ0) is 25.8. The molecule has 3 rings (SSSR count). The minimum Gasteiger partial charge on any atom is -0.497 e. The fraction of sp³-hybridized carbons (Fsp3) is 0.238. The highest BCUT2D eigenvalue weighted by atomic mass is 19.4. The van der Waals surface area contributed by atoms with Crippen molar-refractivity contribution in [3.63, 3.8) is 0 Å². The average molecular weight is 503 g/mol. The van der Waals surface area contributed by atoms with Gasteiger partial charge in [0.05, 0.1) is 7.11 Å². The maximum Gasteiger partial charge on any atom is 0.573 e. The number of nitrogens with one attached hydrogen (secondary N) is 3. The molecule has 14 heteroatoms. The molecule has 5 N–H and O–H groups in total. The van der Waals surface area contributed by atoms with Gasteiger partial charge in [0.25, 0.3) is 5.91 Å². The van der Waals surface area contributed by atoms with Crippen LogP contribution in [0, 0.1) is 0 Å². The van der Waals surface area contributed by atoms with E-state index < -0.39 is 36.3 Å². The summed E-state index contributed by atoms with van der Waals surface area (Å²) in [5.74, 6) is 3.92. The monoisotopic (exact) mass is 503 g/mol. The Bertz CT molecular complexity index is 1200. The first-order chi connectivity index (χ1) is 16.4. The molecule has 0 atom stereocenters. The Balaban J connectivity index is 2.11. The summed E-state index contributed by atoms with van der Waals surface area (Å²) in [6, 6.07) is 9.89. The third-order valence-electron chi connectivity index (χ3n) is 4.60. The standard InChI is InChI=1S/C21H19F6N5O3/c1-34-13-4-2-11(3-5-13)9-29-15-8-16(19(33)32-28)31-18-14(15)6-12(30-10-20(22,23)24)7-17(18)35-21(25,26)27/h2-8,30H,9-10,28H2,1H3,(H,29,31)(H,32,33). The van der Waals surface area contributed by atoms with Crippen molar-refractivity contribution in [2.45, 2.75) is 19.1 Å². The van der Waals surface area contributed by atoms with Crippen LogP contribution < -0.4 is 31.4 Å². The number of hydrogen-bond acceptors (Lipinski definition) is 7. The SMILES string of the molecule is COc1ccc(CNc2cc(C(=O)NN)nc3c(OC(F)(F)F)cc(NCC(F)(F)F)cc23)cc1. The molecule has 0 bridgehead atoms. The van der Waals surface area contributed by atoms with Gasteiger partial charge in [-0.15, -0.1) is 13.2 Å². The van der Waals surface area contributed by atoms with Crippen molar-refractivity contribution in [2.24, 2.45) is 5.84 Å². The average Bonchev–Trinajstić information content (AvgIpc) is 2.79. The fourth-order valence-corrected chi connectivity index (χ4v) is 3.08. The summed E-state index contributed by atoms with van der Waals surface area (Å²) in [5.41, 5.74) is 1.60. The number of pyridine rings is 1. The van der Waals surface area contributed by atoms with Gasteiger partial charge in [0.2, 0.25) is 0 Å². The van der Waals surface area contributed by atoms with Crippen molar-refractivity contribution < 1.29 is 40.6 Å². The molecule has 0 saturated carbocycles. The molecule has 1 aromatic heterocycles. The van der Waals surface area contributed by atoms with E-state index >= 15 is 0 Å². The van der Waals surface area contributed by atoms with E-state index in [0.717, 1.165) is 11.6 Å². The van der Waals surface area contributed by atoms with E-state index in [1.54, 1.807) is 24.3 Å². The zero-order valence-electron chi connectivity index (χ0n) is 18.0. The van der Waals surface area contributed by atoms with Gasteiger partial charge in [-0.1, -0.05) is 12.1 Å². The van der Waals surface area contributed by atoms with Gasteiger partial charge in [-0.2, -0.15) is 13.2 Å². The van der Waals surface area contributed by atoms with Crippen molar-refractivity contribution in [3.8, 4) is 11.5 Å². The highest BCUT2D eigenvalue weighted by Crippen LogP contribution is 2.37. The van der Waals surface area contributed by atoms with E-state index in [2.05, 4.69) is 15.0 Å². The number of rotatable bonds is 8. The number of anilines is 2. The van der Waals surface area contributed by atoms with Crippen LogP contribution in [0.5, 0.6) is 11.5 Å². The summed E-state index contributed by atoms with van der Waals surface area (Å²) in [7, 11) is 1.49. The molecule has 0 saturated heterocycles. The first kappa shape index (κ1) is 25.7. The number of nitrogens with two attached hydrogens (primary N) is 1. The second kappa shape index (κ2) is 10.1. The van der Waals surface area contributed by atoms with Crippen molar-refractivity contribution in [1.29, 1.82) is 0 Å². The molecular weight excluding hydrogens is 484 g/mol.